The van der Waals surface area contributed by atoms with Gasteiger partial charge in [-0.05, 0) is 42.0 Å². The fourth-order valence-corrected chi connectivity index (χ4v) is 3.00. The SMILES string of the molecule is CC(=O)Nc1ccc(N2CC(C(=O)NCc3ccc(F)cc3)CC2=O)cc1. The van der Waals surface area contributed by atoms with Gasteiger partial charge in [0.25, 0.3) is 0 Å². The molecule has 0 aliphatic carbocycles. The van der Waals surface area contributed by atoms with E-state index in [0.29, 0.717) is 17.9 Å². The molecule has 1 atom stereocenters. The second-order valence-corrected chi connectivity index (χ2v) is 6.48. The second kappa shape index (κ2) is 7.99. The molecule has 140 valence electrons. The number of carbonyl (C=O) groups excluding carboxylic acids is 3. The van der Waals surface area contributed by atoms with Crippen molar-refractivity contribution < 1.29 is 18.8 Å². The lowest BCUT2D eigenvalue weighted by atomic mass is 10.1. The maximum absolute atomic E-state index is 12.9. The molecule has 3 rings (SSSR count). The van der Waals surface area contributed by atoms with E-state index in [9.17, 15) is 18.8 Å². The van der Waals surface area contributed by atoms with Gasteiger partial charge in [-0.25, -0.2) is 4.39 Å². The fourth-order valence-electron chi connectivity index (χ4n) is 3.00. The zero-order valence-electron chi connectivity index (χ0n) is 14.9. The first-order valence-corrected chi connectivity index (χ1v) is 8.62. The lowest BCUT2D eigenvalue weighted by molar-refractivity contribution is -0.126. The van der Waals surface area contributed by atoms with Crippen LogP contribution in [0.15, 0.2) is 48.5 Å². The number of rotatable bonds is 5. The summed E-state index contributed by atoms with van der Waals surface area (Å²) in [5.41, 5.74) is 2.12. The van der Waals surface area contributed by atoms with Crippen molar-refractivity contribution in [1.29, 1.82) is 0 Å². The van der Waals surface area contributed by atoms with E-state index in [4.69, 9.17) is 0 Å². The molecule has 0 bridgehead atoms. The van der Waals surface area contributed by atoms with Crippen LogP contribution in [-0.4, -0.2) is 24.3 Å². The summed E-state index contributed by atoms with van der Waals surface area (Å²) in [5.74, 6) is -1.26. The van der Waals surface area contributed by atoms with E-state index in [1.54, 1.807) is 41.3 Å². The average Bonchev–Trinajstić information content (AvgIpc) is 3.03. The molecule has 7 heteroatoms. The van der Waals surface area contributed by atoms with E-state index in [1.165, 1.54) is 19.1 Å². The average molecular weight is 369 g/mol. The normalized spacial score (nSPS) is 16.3. The molecule has 1 aliphatic heterocycles. The van der Waals surface area contributed by atoms with E-state index < -0.39 is 5.92 Å². The Morgan fingerprint density at radius 3 is 2.41 bits per heavy atom. The van der Waals surface area contributed by atoms with Gasteiger partial charge in [0.15, 0.2) is 0 Å². The van der Waals surface area contributed by atoms with Gasteiger partial charge in [-0.1, -0.05) is 12.1 Å². The maximum atomic E-state index is 12.9. The van der Waals surface area contributed by atoms with Crippen molar-refractivity contribution in [3.63, 3.8) is 0 Å². The Kier molecular flexibility index (Phi) is 5.49. The van der Waals surface area contributed by atoms with Gasteiger partial charge in [-0.2, -0.15) is 0 Å². The minimum atomic E-state index is -0.437. The number of amides is 3. The summed E-state index contributed by atoms with van der Waals surface area (Å²) in [6.45, 7) is 2.01. The Morgan fingerprint density at radius 2 is 1.78 bits per heavy atom. The van der Waals surface area contributed by atoms with Crippen molar-refractivity contribution in [2.24, 2.45) is 5.92 Å². The first kappa shape index (κ1) is 18.6. The first-order valence-electron chi connectivity index (χ1n) is 8.62. The number of anilines is 2. The molecule has 2 aromatic carbocycles. The van der Waals surface area contributed by atoms with Crippen molar-refractivity contribution in [1.82, 2.24) is 5.32 Å². The number of hydrogen-bond donors (Lipinski definition) is 2. The summed E-state index contributed by atoms with van der Waals surface area (Å²) in [5, 5.41) is 5.46. The van der Waals surface area contributed by atoms with E-state index >= 15 is 0 Å². The Bertz CT molecular complexity index is 850. The van der Waals surface area contributed by atoms with Crippen molar-refractivity contribution in [3.05, 3.63) is 59.9 Å². The van der Waals surface area contributed by atoms with Crippen LogP contribution in [0, 0.1) is 11.7 Å². The largest absolute Gasteiger partial charge is 0.352 e. The van der Waals surface area contributed by atoms with Crippen molar-refractivity contribution in [3.8, 4) is 0 Å². The molecular weight excluding hydrogens is 349 g/mol. The highest BCUT2D eigenvalue weighted by Crippen LogP contribution is 2.26. The molecule has 0 saturated carbocycles. The molecule has 0 aromatic heterocycles. The third-order valence-electron chi connectivity index (χ3n) is 4.38. The van der Waals surface area contributed by atoms with Gasteiger partial charge in [-0.3, -0.25) is 14.4 Å². The Morgan fingerprint density at radius 1 is 1.11 bits per heavy atom. The van der Waals surface area contributed by atoms with E-state index in [2.05, 4.69) is 10.6 Å². The monoisotopic (exact) mass is 369 g/mol. The highest BCUT2D eigenvalue weighted by atomic mass is 19.1. The summed E-state index contributed by atoms with van der Waals surface area (Å²) in [7, 11) is 0. The standard InChI is InChI=1S/C20H20FN3O3/c1-13(25)23-17-6-8-18(9-7-17)24-12-15(10-19(24)26)20(27)22-11-14-2-4-16(21)5-3-14/h2-9,15H,10-12H2,1H3,(H,22,27)(H,23,25). The predicted molar refractivity (Wildman–Crippen MR) is 99.5 cm³/mol. The smallest absolute Gasteiger partial charge is 0.227 e. The summed E-state index contributed by atoms with van der Waals surface area (Å²) in [6, 6.07) is 12.8. The minimum Gasteiger partial charge on any atom is -0.352 e. The van der Waals surface area contributed by atoms with Crippen LogP contribution in [-0.2, 0) is 20.9 Å². The van der Waals surface area contributed by atoms with Gasteiger partial charge in [0.05, 0.1) is 5.92 Å². The fraction of sp³-hybridized carbons (Fsp3) is 0.250. The van der Waals surface area contributed by atoms with Gasteiger partial charge < -0.3 is 15.5 Å². The molecule has 1 heterocycles. The number of nitrogens with one attached hydrogen (secondary N) is 2. The Hall–Kier alpha value is -3.22. The Balaban J connectivity index is 1.58. The molecule has 0 spiro atoms. The van der Waals surface area contributed by atoms with Crippen LogP contribution in [0.3, 0.4) is 0 Å². The zero-order valence-corrected chi connectivity index (χ0v) is 14.9. The van der Waals surface area contributed by atoms with Gasteiger partial charge in [-0.15, -0.1) is 0 Å². The van der Waals surface area contributed by atoms with Crippen LogP contribution in [0.5, 0.6) is 0 Å². The molecule has 1 unspecified atom stereocenters. The van der Waals surface area contributed by atoms with E-state index in [1.807, 2.05) is 0 Å². The third-order valence-corrected chi connectivity index (χ3v) is 4.38. The highest BCUT2D eigenvalue weighted by molar-refractivity contribution is 6.00. The number of carbonyl (C=O) groups is 3. The van der Waals surface area contributed by atoms with Crippen LogP contribution >= 0.6 is 0 Å². The summed E-state index contributed by atoms with van der Waals surface area (Å²) in [4.78, 5) is 37.3. The highest BCUT2D eigenvalue weighted by Gasteiger charge is 2.34. The zero-order chi connectivity index (χ0) is 19.4. The van der Waals surface area contributed by atoms with Crippen LogP contribution in [0.4, 0.5) is 15.8 Å². The van der Waals surface area contributed by atoms with E-state index in [0.717, 1.165) is 5.56 Å². The second-order valence-electron chi connectivity index (χ2n) is 6.48. The summed E-state index contributed by atoms with van der Waals surface area (Å²) in [6.07, 6.45) is 0.142. The van der Waals surface area contributed by atoms with Crippen LogP contribution < -0.4 is 15.5 Å². The van der Waals surface area contributed by atoms with Gasteiger partial charge in [0.1, 0.15) is 5.82 Å². The molecular formula is C20H20FN3O3. The molecule has 1 saturated heterocycles. The lowest BCUT2D eigenvalue weighted by Gasteiger charge is -2.17. The molecule has 1 aliphatic rings. The molecule has 6 nitrogen and oxygen atoms in total. The molecule has 0 radical (unpaired) electrons. The molecule has 2 N–H and O–H groups in total. The number of nitrogens with zero attached hydrogens (tertiary/aromatic N) is 1. The van der Waals surface area contributed by atoms with Crippen molar-refractivity contribution in [2.75, 3.05) is 16.8 Å². The van der Waals surface area contributed by atoms with Gasteiger partial charge >= 0.3 is 0 Å². The summed E-state index contributed by atoms with van der Waals surface area (Å²) >= 11 is 0. The summed E-state index contributed by atoms with van der Waals surface area (Å²) < 4.78 is 12.9. The quantitative estimate of drug-likeness (QED) is 0.850. The van der Waals surface area contributed by atoms with E-state index in [-0.39, 0.29) is 36.5 Å². The van der Waals surface area contributed by atoms with Crippen molar-refractivity contribution in [2.45, 2.75) is 19.9 Å². The van der Waals surface area contributed by atoms with Crippen LogP contribution in [0.2, 0.25) is 0 Å². The van der Waals surface area contributed by atoms with Crippen LogP contribution in [0.25, 0.3) is 0 Å². The molecule has 3 amide bonds. The Labute approximate surface area is 156 Å². The topological polar surface area (TPSA) is 78.5 Å². The predicted octanol–water partition coefficient (Wildman–Crippen LogP) is 2.45. The number of hydrogen-bond acceptors (Lipinski definition) is 3. The molecule has 27 heavy (non-hydrogen) atoms. The lowest BCUT2D eigenvalue weighted by Crippen LogP contribution is -2.32. The maximum Gasteiger partial charge on any atom is 0.227 e. The number of halogens is 1. The minimum absolute atomic E-state index is 0.121. The van der Waals surface area contributed by atoms with Crippen molar-refractivity contribution >= 4 is 29.1 Å². The molecule has 1 fully saturated rings. The van der Waals surface area contributed by atoms with Gasteiger partial charge in [0, 0.05) is 37.8 Å². The number of benzene rings is 2. The van der Waals surface area contributed by atoms with Gasteiger partial charge in [0.2, 0.25) is 17.7 Å². The third kappa shape index (κ3) is 4.69. The van der Waals surface area contributed by atoms with Crippen LogP contribution in [0.1, 0.15) is 18.9 Å². The first-order chi connectivity index (χ1) is 12.9. The molecule has 2 aromatic rings.